The van der Waals surface area contributed by atoms with Crippen LogP contribution in [-0.2, 0) is 12.0 Å². The van der Waals surface area contributed by atoms with Crippen LogP contribution in [-0.4, -0.2) is 0 Å². The van der Waals surface area contributed by atoms with Crippen LogP contribution in [0.3, 0.4) is 0 Å². The van der Waals surface area contributed by atoms with Crippen molar-refractivity contribution < 1.29 is 4.74 Å². The Morgan fingerprint density at radius 3 is 2.19 bits per heavy atom. The van der Waals surface area contributed by atoms with Crippen molar-refractivity contribution in [2.24, 2.45) is 0 Å². The van der Waals surface area contributed by atoms with Crippen molar-refractivity contribution in [3.8, 4) is 5.75 Å². The number of ether oxygens (including phenoxy) is 1. The molecule has 110 valence electrons. The molecule has 2 aromatic rings. The molecule has 0 atom stereocenters. The predicted octanol–water partition coefficient (Wildman–Crippen LogP) is 5.51. The maximum absolute atomic E-state index is 5.82. The summed E-state index contributed by atoms with van der Waals surface area (Å²) in [6, 6.07) is 18.6. The largest absolute Gasteiger partial charge is 0.489 e. The molecule has 0 N–H and O–H groups in total. The Kier molecular flexibility index (Phi) is 4.85. The van der Waals surface area contributed by atoms with Gasteiger partial charge in [0.05, 0.1) is 0 Å². The summed E-state index contributed by atoms with van der Waals surface area (Å²) in [6.45, 7) is 11.2. The van der Waals surface area contributed by atoms with Crippen LogP contribution in [0.4, 0.5) is 0 Å². The standard InChI is InChI=1S/C20H24O/c1-16(2)14-20(3,4)18-10-12-19(13-11-18)21-15-17-8-6-5-7-9-17/h5-13H,1,14-15H2,2-4H3. The van der Waals surface area contributed by atoms with E-state index in [2.05, 4.69) is 63.7 Å². The van der Waals surface area contributed by atoms with Crippen molar-refractivity contribution in [1.82, 2.24) is 0 Å². The van der Waals surface area contributed by atoms with E-state index in [0.717, 1.165) is 12.2 Å². The van der Waals surface area contributed by atoms with Crippen LogP contribution in [0.5, 0.6) is 5.75 Å². The third-order valence-corrected chi connectivity index (χ3v) is 3.63. The van der Waals surface area contributed by atoms with E-state index < -0.39 is 0 Å². The van der Waals surface area contributed by atoms with Gasteiger partial charge in [-0.3, -0.25) is 0 Å². The van der Waals surface area contributed by atoms with Crippen LogP contribution in [0.1, 0.15) is 38.3 Å². The molecule has 1 heteroatoms. The van der Waals surface area contributed by atoms with E-state index >= 15 is 0 Å². The monoisotopic (exact) mass is 280 g/mol. The smallest absolute Gasteiger partial charge is 0.119 e. The number of allylic oxidation sites excluding steroid dienone is 1. The SMILES string of the molecule is C=C(C)CC(C)(C)c1ccc(OCc2ccccc2)cc1. The van der Waals surface area contributed by atoms with Gasteiger partial charge in [-0.1, -0.05) is 61.9 Å². The molecule has 0 bridgehead atoms. The average Bonchev–Trinajstić information content (AvgIpc) is 2.45. The Hall–Kier alpha value is -2.02. The highest BCUT2D eigenvalue weighted by molar-refractivity contribution is 5.32. The van der Waals surface area contributed by atoms with E-state index in [-0.39, 0.29) is 5.41 Å². The first kappa shape index (κ1) is 15.4. The van der Waals surface area contributed by atoms with Crippen molar-refractivity contribution in [2.45, 2.75) is 39.2 Å². The van der Waals surface area contributed by atoms with Crippen molar-refractivity contribution in [3.63, 3.8) is 0 Å². The van der Waals surface area contributed by atoms with E-state index in [1.54, 1.807) is 0 Å². The first-order valence-corrected chi connectivity index (χ1v) is 7.39. The van der Waals surface area contributed by atoms with Gasteiger partial charge in [-0.15, -0.1) is 6.58 Å². The Morgan fingerprint density at radius 2 is 1.62 bits per heavy atom. The molecule has 0 saturated heterocycles. The van der Waals surface area contributed by atoms with Crippen molar-refractivity contribution in [2.75, 3.05) is 0 Å². The maximum atomic E-state index is 5.82. The maximum Gasteiger partial charge on any atom is 0.119 e. The molecule has 0 radical (unpaired) electrons. The highest BCUT2D eigenvalue weighted by atomic mass is 16.5. The minimum absolute atomic E-state index is 0.115. The zero-order valence-electron chi connectivity index (χ0n) is 13.2. The van der Waals surface area contributed by atoms with E-state index in [4.69, 9.17) is 4.74 Å². The molecule has 2 aromatic carbocycles. The normalized spacial score (nSPS) is 11.2. The Balaban J connectivity index is 2.00. The van der Waals surface area contributed by atoms with Gasteiger partial charge >= 0.3 is 0 Å². The second-order valence-electron chi connectivity index (χ2n) is 6.32. The lowest BCUT2D eigenvalue weighted by atomic mass is 9.79. The van der Waals surface area contributed by atoms with E-state index in [0.29, 0.717) is 6.61 Å². The van der Waals surface area contributed by atoms with Crippen LogP contribution in [0, 0.1) is 0 Å². The number of benzene rings is 2. The minimum atomic E-state index is 0.115. The topological polar surface area (TPSA) is 9.23 Å². The second-order valence-corrected chi connectivity index (χ2v) is 6.32. The highest BCUT2D eigenvalue weighted by Gasteiger charge is 2.20. The fraction of sp³-hybridized carbons (Fsp3) is 0.300. The second kappa shape index (κ2) is 6.62. The van der Waals surface area contributed by atoms with Gasteiger partial charge in [0.2, 0.25) is 0 Å². The molecule has 2 rings (SSSR count). The van der Waals surface area contributed by atoms with Gasteiger partial charge in [0.1, 0.15) is 12.4 Å². The molecular weight excluding hydrogens is 256 g/mol. The molecule has 0 aliphatic heterocycles. The van der Waals surface area contributed by atoms with Gasteiger partial charge < -0.3 is 4.74 Å². The van der Waals surface area contributed by atoms with Crippen LogP contribution in [0.25, 0.3) is 0 Å². The Morgan fingerprint density at radius 1 is 1.00 bits per heavy atom. The lowest BCUT2D eigenvalue weighted by Crippen LogP contribution is -2.17. The highest BCUT2D eigenvalue weighted by Crippen LogP contribution is 2.31. The van der Waals surface area contributed by atoms with Crippen LogP contribution >= 0.6 is 0 Å². The summed E-state index contributed by atoms with van der Waals surface area (Å²) in [5.74, 6) is 0.911. The van der Waals surface area contributed by atoms with E-state index in [1.807, 2.05) is 18.2 Å². The summed E-state index contributed by atoms with van der Waals surface area (Å²) in [6.07, 6.45) is 0.997. The molecule has 0 aromatic heterocycles. The fourth-order valence-electron chi connectivity index (χ4n) is 2.60. The van der Waals surface area contributed by atoms with Gasteiger partial charge in [-0.2, -0.15) is 0 Å². The lowest BCUT2D eigenvalue weighted by Gasteiger charge is -2.25. The summed E-state index contributed by atoms with van der Waals surface area (Å²) in [4.78, 5) is 0. The zero-order chi connectivity index (χ0) is 15.3. The first-order chi connectivity index (χ1) is 9.97. The molecule has 0 spiro atoms. The molecule has 1 nitrogen and oxygen atoms in total. The van der Waals surface area contributed by atoms with Gasteiger partial charge in [-0.25, -0.2) is 0 Å². The molecule has 0 aliphatic carbocycles. The number of rotatable bonds is 6. The number of hydrogen-bond donors (Lipinski definition) is 0. The van der Waals surface area contributed by atoms with Crippen molar-refractivity contribution >= 4 is 0 Å². The molecule has 21 heavy (non-hydrogen) atoms. The first-order valence-electron chi connectivity index (χ1n) is 7.39. The van der Waals surface area contributed by atoms with Gasteiger partial charge in [0.25, 0.3) is 0 Å². The summed E-state index contributed by atoms with van der Waals surface area (Å²) >= 11 is 0. The zero-order valence-corrected chi connectivity index (χ0v) is 13.2. The summed E-state index contributed by atoms with van der Waals surface area (Å²) in [7, 11) is 0. The average molecular weight is 280 g/mol. The lowest BCUT2D eigenvalue weighted by molar-refractivity contribution is 0.306. The third kappa shape index (κ3) is 4.49. The molecule has 0 unspecified atom stereocenters. The van der Waals surface area contributed by atoms with Gasteiger partial charge in [0.15, 0.2) is 0 Å². The summed E-state index contributed by atoms with van der Waals surface area (Å²) in [5, 5.41) is 0. The van der Waals surface area contributed by atoms with Gasteiger partial charge in [-0.05, 0) is 42.0 Å². The number of hydrogen-bond acceptors (Lipinski definition) is 1. The summed E-state index contributed by atoms with van der Waals surface area (Å²) < 4.78 is 5.82. The molecular formula is C20H24O. The van der Waals surface area contributed by atoms with Crippen LogP contribution in [0.2, 0.25) is 0 Å². The van der Waals surface area contributed by atoms with Crippen LogP contribution in [0.15, 0.2) is 66.7 Å². The summed E-state index contributed by atoms with van der Waals surface area (Å²) in [5.41, 5.74) is 3.83. The third-order valence-electron chi connectivity index (χ3n) is 3.63. The minimum Gasteiger partial charge on any atom is -0.489 e. The van der Waals surface area contributed by atoms with Gasteiger partial charge in [0, 0.05) is 0 Å². The fourth-order valence-corrected chi connectivity index (χ4v) is 2.60. The van der Waals surface area contributed by atoms with Crippen molar-refractivity contribution in [3.05, 3.63) is 77.9 Å². The Labute approximate surface area is 128 Å². The molecule has 0 heterocycles. The molecule has 0 saturated carbocycles. The quantitative estimate of drug-likeness (QED) is 0.634. The Bertz CT molecular complexity index is 579. The molecule has 0 amide bonds. The van der Waals surface area contributed by atoms with E-state index in [9.17, 15) is 0 Å². The predicted molar refractivity (Wildman–Crippen MR) is 89.7 cm³/mol. The van der Waals surface area contributed by atoms with E-state index in [1.165, 1.54) is 16.7 Å². The van der Waals surface area contributed by atoms with Crippen molar-refractivity contribution in [1.29, 1.82) is 0 Å². The van der Waals surface area contributed by atoms with Crippen LogP contribution < -0.4 is 4.74 Å². The molecule has 0 fully saturated rings. The molecule has 0 aliphatic rings.